The van der Waals surface area contributed by atoms with Gasteiger partial charge in [-0.1, -0.05) is 37.6 Å². The molecule has 2 aliphatic carbocycles. The molecule has 12 heavy (non-hydrogen) atoms. The van der Waals surface area contributed by atoms with Crippen LogP contribution in [0.15, 0.2) is 34.9 Å². The van der Waals surface area contributed by atoms with Gasteiger partial charge in [-0.2, -0.15) is 0 Å². The van der Waals surface area contributed by atoms with E-state index in [4.69, 9.17) is 0 Å². The highest BCUT2D eigenvalue weighted by Crippen LogP contribution is 2.35. The van der Waals surface area contributed by atoms with E-state index in [0.29, 0.717) is 5.92 Å². The average Bonchev–Trinajstić information content (AvgIpc) is 2.49. The minimum atomic E-state index is 0.693. The van der Waals surface area contributed by atoms with Crippen molar-refractivity contribution in [1.29, 1.82) is 0 Å². The van der Waals surface area contributed by atoms with E-state index < -0.39 is 0 Å². The number of hydrogen-bond acceptors (Lipinski definition) is 0. The first kappa shape index (κ1) is 7.85. The Morgan fingerprint density at radius 1 is 1.33 bits per heavy atom. The van der Waals surface area contributed by atoms with Crippen molar-refractivity contribution in [3.8, 4) is 0 Å². The van der Waals surface area contributed by atoms with E-state index in [0.717, 1.165) is 0 Å². The van der Waals surface area contributed by atoms with E-state index in [2.05, 4.69) is 32.1 Å². The number of hydrogen-bond donors (Lipinski definition) is 0. The van der Waals surface area contributed by atoms with Gasteiger partial charge in [-0.25, -0.2) is 0 Å². The second-order valence-corrected chi connectivity index (χ2v) is 3.98. The average molecular weight is 160 g/mol. The van der Waals surface area contributed by atoms with Crippen LogP contribution in [0.2, 0.25) is 0 Å². The zero-order valence-corrected chi connectivity index (χ0v) is 7.93. The molecule has 0 unspecified atom stereocenters. The smallest absolute Gasteiger partial charge is 0.0126 e. The van der Waals surface area contributed by atoms with Crippen molar-refractivity contribution in [1.82, 2.24) is 0 Å². The summed E-state index contributed by atoms with van der Waals surface area (Å²) in [7, 11) is 0. The van der Waals surface area contributed by atoms with Crippen LogP contribution in [-0.2, 0) is 0 Å². The zero-order chi connectivity index (χ0) is 8.55. The van der Waals surface area contributed by atoms with Crippen LogP contribution < -0.4 is 0 Å². The Morgan fingerprint density at radius 3 is 2.92 bits per heavy atom. The first-order chi connectivity index (χ1) is 5.79. The molecule has 0 nitrogen and oxygen atoms in total. The lowest BCUT2D eigenvalue weighted by molar-refractivity contribution is 0.753. The molecule has 0 spiro atoms. The lowest BCUT2D eigenvalue weighted by atomic mass is 9.87. The van der Waals surface area contributed by atoms with E-state index in [-0.39, 0.29) is 0 Å². The molecule has 64 valence electrons. The third-order valence-corrected chi connectivity index (χ3v) is 2.77. The Hall–Kier alpha value is -0.780. The first-order valence-electron chi connectivity index (χ1n) is 4.88. The summed E-state index contributed by atoms with van der Waals surface area (Å²) in [6, 6.07) is 0. The van der Waals surface area contributed by atoms with Gasteiger partial charge in [0.05, 0.1) is 0 Å². The van der Waals surface area contributed by atoms with E-state index >= 15 is 0 Å². The second kappa shape index (κ2) is 2.93. The van der Waals surface area contributed by atoms with Crippen molar-refractivity contribution in [2.24, 2.45) is 5.92 Å². The van der Waals surface area contributed by atoms with Crippen LogP contribution in [0, 0.1) is 5.92 Å². The first-order valence-corrected chi connectivity index (χ1v) is 4.88. The van der Waals surface area contributed by atoms with Crippen molar-refractivity contribution in [3.63, 3.8) is 0 Å². The summed E-state index contributed by atoms with van der Waals surface area (Å²) in [6.45, 7) is 4.57. The molecule has 0 heteroatoms. The van der Waals surface area contributed by atoms with Crippen molar-refractivity contribution in [2.45, 2.75) is 33.1 Å². The molecule has 0 saturated carbocycles. The SMILES string of the molecule is CC(C)C1=CCCC2=C1C=CC2. The molecule has 2 aliphatic rings. The van der Waals surface area contributed by atoms with Gasteiger partial charge in [-0.15, -0.1) is 0 Å². The summed E-state index contributed by atoms with van der Waals surface area (Å²) in [4.78, 5) is 0. The van der Waals surface area contributed by atoms with E-state index in [1.807, 2.05) is 0 Å². The molecule has 0 N–H and O–H groups in total. The third-order valence-electron chi connectivity index (χ3n) is 2.77. The summed E-state index contributed by atoms with van der Waals surface area (Å²) < 4.78 is 0. The molecule has 0 bridgehead atoms. The van der Waals surface area contributed by atoms with E-state index in [1.54, 1.807) is 16.7 Å². The van der Waals surface area contributed by atoms with Crippen LogP contribution >= 0.6 is 0 Å². The lowest BCUT2D eigenvalue weighted by Crippen LogP contribution is -2.02. The fourth-order valence-electron chi connectivity index (χ4n) is 2.14. The van der Waals surface area contributed by atoms with E-state index in [9.17, 15) is 0 Å². The minimum Gasteiger partial charge on any atom is -0.0801 e. The molecule has 0 atom stereocenters. The van der Waals surface area contributed by atoms with Crippen LogP contribution in [-0.4, -0.2) is 0 Å². The Balaban J connectivity index is 2.34. The standard InChI is InChI=1S/C12H16/c1-9(2)11-7-3-5-10-6-4-8-12(10)11/h4,7-9H,3,5-6H2,1-2H3. The van der Waals surface area contributed by atoms with Gasteiger partial charge in [0, 0.05) is 0 Å². The molecule has 0 amide bonds. The Kier molecular flexibility index (Phi) is 1.92. The van der Waals surface area contributed by atoms with Crippen molar-refractivity contribution in [3.05, 3.63) is 34.9 Å². The van der Waals surface area contributed by atoms with Gasteiger partial charge < -0.3 is 0 Å². The molecular formula is C12H16. The lowest BCUT2D eigenvalue weighted by Gasteiger charge is -2.19. The molecule has 0 aromatic carbocycles. The monoisotopic (exact) mass is 160 g/mol. The van der Waals surface area contributed by atoms with Gasteiger partial charge in [0.25, 0.3) is 0 Å². The molecule has 0 radical (unpaired) electrons. The molecule has 0 saturated heterocycles. The fraction of sp³-hybridized carbons (Fsp3) is 0.500. The van der Waals surface area contributed by atoms with Crippen molar-refractivity contribution < 1.29 is 0 Å². The Bertz CT molecular complexity index is 274. The Morgan fingerprint density at radius 2 is 2.17 bits per heavy atom. The molecule has 0 aromatic rings. The Labute approximate surface area is 74.7 Å². The summed E-state index contributed by atoms with van der Waals surface area (Å²) in [5.74, 6) is 0.693. The zero-order valence-electron chi connectivity index (χ0n) is 7.93. The molecule has 0 aromatic heterocycles. The highest BCUT2D eigenvalue weighted by molar-refractivity contribution is 5.50. The summed E-state index contributed by atoms with van der Waals surface area (Å²) in [5.41, 5.74) is 4.79. The molecule has 0 heterocycles. The normalized spacial score (nSPS) is 21.8. The van der Waals surface area contributed by atoms with Crippen LogP contribution in [0.25, 0.3) is 0 Å². The van der Waals surface area contributed by atoms with Crippen LogP contribution in [0.5, 0.6) is 0 Å². The van der Waals surface area contributed by atoms with Crippen LogP contribution in [0.1, 0.15) is 33.1 Å². The maximum Gasteiger partial charge on any atom is -0.0126 e. The van der Waals surface area contributed by atoms with Crippen molar-refractivity contribution in [2.75, 3.05) is 0 Å². The largest absolute Gasteiger partial charge is 0.0801 e. The predicted molar refractivity (Wildman–Crippen MR) is 52.9 cm³/mol. The molecule has 0 fully saturated rings. The third kappa shape index (κ3) is 1.16. The number of rotatable bonds is 1. The fourth-order valence-corrected chi connectivity index (χ4v) is 2.14. The molecule has 0 aliphatic heterocycles. The summed E-state index contributed by atoms with van der Waals surface area (Å²) in [5, 5.41) is 0. The topological polar surface area (TPSA) is 0 Å². The molecular weight excluding hydrogens is 144 g/mol. The predicted octanol–water partition coefficient (Wildman–Crippen LogP) is 3.62. The van der Waals surface area contributed by atoms with Gasteiger partial charge in [-0.3, -0.25) is 0 Å². The summed E-state index contributed by atoms with van der Waals surface area (Å²) >= 11 is 0. The second-order valence-electron chi connectivity index (χ2n) is 3.98. The van der Waals surface area contributed by atoms with Gasteiger partial charge >= 0.3 is 0 Å². The van der Waals surface area contributed by atoms with Crippen molar-refractivity contribution >= 4 is 0 Å². The van der Waals surface area contributed by atoms with Gasteiger partial charge in [-0.05, 0) is 36.3 Å². The summed E-state index contributed by atoms with van der Waals surface area (Å²) in [6.07, 6.45) is 10.8. The van der Waals surface area contributed by atoms with E-state index in [1.165, 1.54) is 19.3 Å². The van der Waals surface area contributed by atoms with Gasteiger partial charge in [0.15, 0.2) is 0 Å². The van der Waals surface area contributed by atoms with Gasteiger partial charge in [0.2, 0.25) is 0 Å². The number of allylic oxidation sites excluding steroid dienone is 6. The molecule has 2 rings (SSSR count). The highest BCUT2D eigenvalue weighted by atomic mass is 14.2. The maximum atomic E-state index is 2.42. The highest BCUT2D eigenvalue weighted by Gasteiger charge is 2.18. The minimum absolute atomic E-state index is 0.693. The maximum absolute atomic E-state index is 2.42. The van der Waals surface area contributed by atoms with Crippen LogP contribution in [0.4, 0.5) is 0 Å². The van der Waals surface area contributed by atoms with Gasteiger partial charge in [0.1, 0.15) is 0 Å². The van der Waals surface area contributed by atoms with Crippen LogP contribution in [0.3, 0.4) is 0 Å². The quantitative estimate of drug-likeness (QED) is 0.549.